The Morgan fingerprint density at radius 3 is 2.61 bits per heavy atom. The van der Waals surface area contributed by atoms with Gasteiger partial charge in [0, 0.05) is 47.9 Å². The molecule has 1 atom stereocenters. The van der Waals surface area contributed by atoms with Gasteiger partial charge in [-0.15, -0.1) is 35.3 Å². The summed E-state index contributed by atoms with van der Waals surface area (Å²) in [5.41, 5.74) is 0.580. The largest absolute Gasteiger partial charge is 0.497 e. The van der Waals surface area contributed by atoms with Crippen LogP contribution in [0.1, 0.15) is 27.0 Å². The maximum absolute atomic E-state index is 12.2. The molecule has 0 bridgehead atoms. The highest BCUT2D eigenvalue weighted by atomic mass is 127. The second kappa shape index (κ2) is 12.6. The van der Waals surface area contributed by atoms with E-state index in [9.17, 15) is 4.79 Å². The van der Waals surface area contributed by atoms with E-state index < -0.39 is 0 Å². The number of halogens is 1. The molecule has 8 heteroatoms. The summed E-state index contributed by atoms with van der Waals surface area (Å²) in [6, 6.07) is 11.7. The van der Waals surface area contributed by atoms with E-state index in [4.69, 9.17) is 4.74 Å². The Morgan fingerprint density at radius 2 is 1.96 bits per heavy atom. The van der Waals surface area contributed by atoms with Gasteiger partial charge >= 0.3 is 0 Å². The fourth-order valence-electron chi connectivity index (χ4n) is 2.60. The molecule has 0 fully saturated rings. The molecule has 2 rings (SSSR count). The van der Waals surface area contributed by atoms with Crippen LogP contribution in [0.15, 0.2) is 41.4 Å². The minimum atomic E-state index is -0.125. The van der Waals surface area contributed by atoms with Crippen molar-refractivity contribution < 1.29 is 9.53 Å². The number of thiophene rings is 1. The molecule has 2 aromatic rings. The Labute approximate surface area is 188 Å². The quantitative estimate of drug-likeness (QED) is 0.218. The third kappa shape index (κ3) is 8.05. The summed E-state index contributed by atoms with van der Waals surface area (Å²) in [6.45, 7) is 5.33. The highest BCUT2D eigenvalue weighted by Crippen LogP contribution is 2.16. The van der Waals surface area contributed by atoms with E-state index in [0.717, 1.165) is 12.4 Å². The van der Waals surface area contributed by atoms with Crippen LogP contribution in [0.4, 0.5) is 0 Å². The van der Waals surface area contributed by atoms with Gasteiger partial charge in [0.05, 0.1) is 7.11 Å². The lowest BCUT2D eigenvalue weighted by molar-refractivity contribution is 0.0954. The number of amides is 1. The topological polar surface area (TPSA) is 74.8 Å². The fourth-order valence-corrected chi connectivity index (χ4v) is 3.62. The Balaban J connectivity index is 0.00000392. The fraction of sp³-hybridized carbons (Fsp3) is 0.400. The summed E-state index contributed by atoms with van der Waals surface area (Å²) in [6.07, 6.45) is 0.950. The zero-order valence-corrected chi connectivity index (χ0v) is 19.9. The second-order valence-corrected chi connectivity index (χ2v) is 7.62. The lowest BCUT2D eigenvalue weighted by atomic mass is 10.2. The summed E-state index contributed by atoms with van der Waals surface area (Å²) >= 11 is 1.82. The zero-order chi connectivity index (χ0) is 19.6. The van der Waals surface area contributed by atoms with Crippen molar-refractivity contribution in [2.75, 3.05) is 27.2 Å². The summed E-state index contributed by atoms with van der Waals surface area (Å²) < 4.78 is 5.14. The molecule has 6 nitrogen and oxygen atoms in total. The molecule has 0 aliphatic heterocycles. The van der Waals surface area contributed by atoms with Gasteiger partial charge in [0.25, 0.3) is 5.91 Å². The number of methoxy groups -OCH3 is 1. The number of hydrogen-bond acceptors (Lipinski definition) is 4. The van der Waals surface area contributed by atoms with E-state index in [-0.39, 0.29) is 35.9 Å². The van der Waals surface area contributed by atoms with Crippen molar-refractivity contribution in [1.82, 2.24) is 16.0 Å². The summed E-state index contributed by atoms with van der Waals surface area (Å²) in [4.78, 5) is 19.1. The van der Waals surface area contributed by atoms with Crippen LogP contribution in [0, 0.1) is 6.92 Å². The number of carbonyl (C=O) groups is 1. The Bertz CT molecular complexity index is 779. The van der Waals surface area contributed by atoms with Crippen LogP contribution in [0.5, 0.6) is 5.75 Å². The first-order valence-corrected chi connectivity index (χ1v) is 9.78. The number of ether oxygens (including phenoxy) is 1. The van der Waals surface area contributed by atoms with Crippen molar-refractivity contribution in [3.8, 4) is 5.75 Å². The molecule has 0 radical (unpaired) electrons. The van der Waals surface area contributed by atoms with Gasteiger partial charge in [-0.25, -0.2) is 0 Å². The zero-order valence-electron chi connectivity index (χ0n) is 16.7. The minimum Gasteiger partial charge on any atom is -0.497 e. The van der Waals surface area contributed by atoms with Crippen LogP contribution < -0.4 is 20.7 Å². The minimum absolute atomic E-state index is 0. The smallest absolute Gasteiger partial charge is 0.251 e. The molecular formula is C20H29IN4O2S. The average molecular weight is 516 g/mol. The van der Waals surface area contributed by atoms with Crippen molar-refractivity contribution in [1.29, 1.82) is 0 Å². The molecule has 1 unspecified atom stereocenters. The van der Waals surface area contributed by atoms with Crippen molar-refractivity contribution in [3.63, 3.8) is 0 Å². The third-order valence-corrected chi connectivity index (χ3v) is 4.97. The molecule has 0 aliphatic carbocycles. The highest BCUT2D eigenvalue weighted by Gasteiger charge is 2.09. The molecule has 3 N–H and O–H groups in total. The molecule has 1 amide bonds. The van der Waals surface area contributed by atoms with Gasteiger partial charge < -0.3 is 20.7 Å². The molecule has 0 spiro atoms. The van der Waals surface area contributed by atoms with Crippen LogP contribution in [0.2, 0.25) is 0 Å². The Hall–Kier alpha value is -1.81. The van der Waals surface area contributed by atoms with E-state index in [1.165, 1.54) is 9.75 Å². The summed E-state index contributed by atoms with van der Waals surface area (Å²) in [5, 5.41) is 9.49. The number of nitrogens with one attached hydrogen (secondary N) is 3. The maximum atomic E-state index is 12.2. The van der Waals surface area contributed by atoms with Gasteiger partial charge in [0.1, 0.15) is 5.75 Å². The molecule has 0 saturated carbocycles. The maximum Gasteiger partial charge on any atom is 0.251 e. The number of guanidine groups is 1. The number of aryl methyl sites for hydroxylation is 1. The number of aliphatic imine (C=N–C) groups is 1. The van der Waals surface area contributed by atoms with Gasteiger partial charge in [-0.1, -0.05) is 6.07 Å². The molecule has 0 saturated heterocycles. The molecule has 154 valence electrons. The van der Waals surface area contributed by atoms with Gasteiger partial charge in [0.2, 0.25) is 0 Å². The highest BCUT2D eigenvalue weighted by molar-refractivity contribution is 14.0. The second-order valence-electron chi connectivity index (χ2n) is 6.25. The van der Waals surface area contributed by atoms with Gasteiger partial charge in [-0.3, -0.25) is 9.79 Å². The van der Waals surface area contributed by atoms with E-state index >= 15 is 0 Å². The number of hydrogen-bond donors (Lipinski definition) is 3. The van der Waals surface area contributed by atoms with Gasteiger partial charge in [-0.05, 0) is 44.2 Å². The van der Waals surface area contributed by atoms with E-state index in [0.29, 0.717) is 24.4 Å². The van der Waals surface area contributed by atoms with Crippen molar-refractivity contribution in [2.45, 2.75) is 26.3 Å². The Morgan fingerprint density at radius 1 is 1.21 bits per heavy atom. The predicted molar refractivity (Wildman–Crippen MR) is 127 cm³/mol. The third-order valence-electron chi connectivity index (χ3n) is 3.95. The standard InChI is InChI=1S/C20H28N4O2S.HI/c1-14(12-18-9-8-15(2)27-18)24-20(21-3)23-11-10-22-19(25)16-6-5-7-17(13-16)26-4;/h5-9,13-14H,10-12H2,1-4H3,(H,22,25)(H2,21,23,24);1H. The first-order valence-electron chi connectivity index (χ1n) is 8.96. The van der Waals surface area contributed by atoms with Crippen LogP contribution in [0.25, 0.3) is 0 Å². The molecule has 0 aliphatic rings. The van der Waals surface area contributed by atoms with Crippen LogP contribution >= 0.6 is 35.3 Å². The predicted octanol–water partition coefficient (Wildman–Crippen LogP) is 3.21. The van der Waals surface area contributed by atoms with E-state index in [1.54, 1.807) is 32.4 Å². The number of carbonyl (C=O) groups excluding carboxylic acids is 1. The lowest BCUT2D eigenvalue weighted by Crippen LogP contribution is -2.45. The van der Waals surface area contributed by atoms with Crippen LogP contribution in [-0.2, 0) is 6.42 Å². The summed E-state index contributed by atoms with van der Waals surface area (Å²) in [7, 11) is 3.33. The average Bonchev–Trinajstić information content (AvgIpc) is 3.08. The number of rotatable bonds is 8. The van der Waals surface area contributed by atoms with Crippen molar-refractivity contribution >= 4 is 47.2 Å². The number of nitrogens with zero attached hydrogens (tertiary/aromatic N) is 1. The normalized spacial score (nSPS) is 11.9. The van der Waals surface area contributed by atoms with E-state index in [2.05, 4.69) is 46.9 Å². The van der Waals surface area contributed by atoms with Crippen LogP contribution in [0.3, 0.4) is 0 Å². The molecule has 1 aromatic carbocycles. The lowest BCUT2D eigenvalue weighted by Gasteiger charge is -2.17. The van der Waals surface area contributed by atoms with Crippen molar-refractivity contribution in [3.05, 3.63) is 51.7 Å². The van der Waals surface area contributed by atoms with Crippen LogP contribution in [-0.4, -0.2) is 45.2 Å². The van der Waals surface area contributed by atoms with Gasteiger partial charge in [-0.2, -0.15) is 0 Å². The SMILES string of the molecule is CN=C(NCCNC(=O)c1cccc(OC)c1)NC(C)Cc1ccc(C)s1.I. The first kappa shape index (κ1) is 24.2. The monoisotopic (exact) mass is 516 g/mol. The number of benzene rings is 1. The molecule has 1 heterocycles. The van der Waals surface area contributed by atoms with E-state index in [1.807, 2.05) is 17.4 Å². The molecule has 1 aromatic heterocycles. The first-order chi connectivity index (χ1) is 13.0. The summed E-state index contributed by atoms with van der Waals surface area (Å²) in [5.74, 6) is 1.27. The molecular weight excluding hydrogens is 487 g/mol. The Kier molecular flexibility index (Phi) is 10.9. The van der Waals surface area contributed by atoms with Gasteiger partial charge in [0.15, 0.2) is 5.96 Å². The van der Waals surface area contributed by atoms with Crippen molar-refractivity contribution in [2.24, 2.45) is 4.99 Å². The molecule has 28 heavy (non-hydrogen) atoms.